The molecule has 3 aromatic rings. The summed E-state index contributed by atoms with van der Waals surface area (Å²) < 4.78 is 20.4. The van der Waals surface area contributed by atoms with Crippen molar-refractivity contribution in [3.05, 3.63) is 58.8 Å². The maximum absolute atomic E-state index is 14.1. The van der Waals surface area contributed by atoms with Crippen molar-refractivity contribution in [2.24, 2.45) is 0 Å². The predicted octanol–water partition coefficient (Wildman–Crippen LogP) is 3.05. The van der Waals surface area contributed by atoms with Gasteiger partial charge in [0.05, 0.1) is 24.7 Å². The van der Waals surface area contributed by atoms with Crippen molar-refractivity contribution in [1.82, 2.24) is 20.0 Å². The molecule has 0 aliphatic carbocycles. The standard InChI is InChI=1S/C17H15ClFN5O2/c1-10-16(17(25)23(2)12-5-7-15(26-3)20-9-12)21-22-24(10)14-6-4-11(18)8-13(14)19/h4-9H,1-3H3. The number of halogens is 2. The molecule has 0 saturated heterocycles. The first-order valence-electron chi connectivity index (χ1n) is 7.58. The maximum atomic E-state index is 14.1. The van der Waals surface area contributed by atoms with Crippen LogP contribution in [0.3, 0.4) is 0 Å². The Labute approximate surface area is 154 Å². The van der Waals surface area contributed by atoms with Crippen molar-refractivity contribution >= 4 is 23.2 Å². The van der Waals surface area contributed by atoms with Crippen molar-refractivity contribution in [2.75, 3.05) is 19.1 Å². The highest BCUT2D eigenvalue weighted by Crippen LogP contribution is 2.22. The SMILES string of the molecule is COc1ccc(N(C)C(=O)c2nnn(-c3ccc(Cl)cc3F)c2C)cn1. The normalized spacial score (nSPS) is 10.7. The van der Waals surface area contributed by atoms with Gasteiger partial charge < -0.3 is 9.64 Å². The smallest absolute Gasteiger partial charge is 0.280 e. The molecule has 1 amide bonds. The predicted molar refractivity (Wildman–Crippen MR) is 94.6 cm³/mol. The summed E-state index contributed by atoms with van der Waals surface area (Å²) in [7, 11) is 3.10. The topological polar surface area (TPSA) is 73.1 Å². The fourth-order valence-electron chi connectivity index (χ4n) is 2.38. The van der Waals surface area contributed by atoms with Gasteiger partial charge in [-0.1, -0.05) is 16.8 Å². The second-order valence-corrected chi connectivity index (χ2v) is 5.89. The minimum Gasteiger partial charge on any atom is -0.481 e. The van der Waals surface area contributed by atoms with Gasteiger partial charge in [0, 0.05) is 18.1 Å². The number of hydrogen-bond acceptors (Lipinski definition) is 5. The maximum Gasteiger partial charge on any atom is 0.280 e. The lowest BCUT2D eigenvalue weighted by molar-refractivity contribution is 0.0987. The van der Waals surface area contributed by atoms with Gasteiger partial charge in [0.1, 0.15) is 11.5 Å². The Balaban J connectivity index is 1.92. The molecule has 0 aliphatic rings. The fraction of sp³-hybridized carbons (Fsp3) is 0.176. The number of carbonyl (C=O) groups excluding carboxylic acids is 1. The minimum atomic E-state index is -0.558. The second-order valence-electron chi connectivity index (χ2n) is 5.45. The van der Waals surface area contributed by atoms with Gasteiger partial charge in [-0.2, -0.15) is 0 Å². The number of benzene rings is 1. The zero-order chi connectivity index (χ0) is 18.8. The van der Waals surface area contributed by atoms with Crippen LogP contribution in [0, 0.1) is 12.7 Å². The van der Waals surface area contributed by atoms with E-state index in [0.29, 0.717) is 17.3 Å². The van der Waals surface area contributed by atoms with Crippen LogP contribution in [0.4, 0.5) is 10.1 Å². The summed E-state index contributed by atoms with van der Waals surface area (Å²) >= 11 is 5.77. The van der Waals surface area contributed by atoms with Gasteiger partial charge in [-0.05, 0) is 31.2 Å². The number of carbonyl (C=O) groups is 1. The van der Waals surface area contributed by atoms with E-state index in [-0.39, 0.29) is 16.4 Å². The third-order valence-electron chi connectivity index (χ3n) is 3.86. The zero-order valence-electron chi connectivity index (χ0n) is 14.3. The Morgan fingerprint density at radius 3 is 2.69 bits per heavy atom. The molecule has 1 aromatic carbocycles. The van der Waals surface area contributed by atoms with E-state index in [2.05, 4.69) is 15.3 Å². The quantitative estimate of drug-likeness (QED) is 0.700. The van der Waals surface area contributed by atoms with Crippen LogP contribution in [0.2, 0.25) is 5.02 Å². The van der Waals surface area contributed by atoms with Crippen LogP contribution >= 0.6 is 11.6 Å². The number of pyridine rings is 1. The van der Waals surface area contributed by atoms with Crippen LogP contribution in [0.25, 0.3) is 5.69 Å². The number of hydrogen-bond donors (Lipinski definition) is 0. The van der Waals surface area contributed by atoms with Crippen molar-refractivity contribution in [3.63, 3.8) is 0 Å². The molecule has 0 fully saturated rings. The van der Waals surface area contributed by atoms with E-state index in [1.165, 1.54) is 41.1 Å². The van der Waals surface area contributed by atoms with Crippen LogP contribution in [-0.2, 0) is 0 Å². The van der Waals surface area contributed by atoms with Crippen LogP contribution < -0.4 is 9.64 Å². The molecule has 0 aliphatic heterocycles. The molecule has 0 bridgehead atoms. The van der Waals surface area contributed by atoms with Gasteiger partial charge >= 0.3 is 0 Å². The van der Waals surface area contributed by atoms with Crippen molar-refractivity contribution in [2.45, 2.75) is 6.92 Å². The fourth-order valence-corrected chi connectivity index (χ4v) is 2.54. The third-order valence-corrected chi connectivity index (χ3v) is 4.09. The number of ether oxygens (including phenoxy) is 1. The zero-order valence-corrected chi connectivity index (χ0v) is 15.0. The molecule has 3 rings (SSSR count). The van der Waals surface area contributed by atoms with Crippen molar-refractivity contribution in [1.29, 1.82) is 0 Å². The summed E-state index contributed by atoms with van der Waals surface area (Å²) in [6, 6.07) is 7.53. The molecule has 2 heterocycles. The Hall–Kier alpha value is -3.00. The van der Waals surface area contributed by atoms with Gasteiger partial charge in [-0.15, -0.1) is 5.10 Å². The molecule has 7 nitrogen and oxygen atoms in total. The number of amides is 1. The highest BCUT2D eigenvalue weighted by atomic mass is 35.5. The molecule has 26 heavy (non-hydrogen) atoms. The molecule has 0 atom stereocenters. The lowest BCUT2D eigenvalue weighted by atomic mass is 10.2. The molecular weight excluding hydrogens is 361 g/mol. The van der Waals surface area contributed by atoms with Crippen LogP contribution in [0.15, 0.2) is 36.5 Å². The summed E-state index contributed by atoms with van der Waals surface area (Å²) in [5.74, 6) is -0.512. The van der Waals surface area contributed by atoms with E-state index in [0.717, 1.165) is 0 Å². The molecule has 0 unspecified atom stereocenters. The number of anilines is 1. The average molecular weight is 376 g/mol. The molecule has 2 aromatic heterocycles. The largest absolute Gasteiger partial charge is 0.481 e. The molecule has 134 valence electrons. The number of nitrogens with zero attached hydrogens (tertiary/aromatic N) is 5. The molecule has 0 spiro atoms. The van der Waals surface area contributed by atoms with Gasteiger partial charge in [-0.3, -0.25) is 4.79 Å². The monoisotopic (exact) mass is 375 g/mol. The lowest BCUT2D eigenvalue weighted by Crippen LogP contribution is -2.27. The van der Waals surface area contributed by atoms with E-state index in [4.69, 9.17) is 16.3 Å². The number of rotatable bonds is 4. The third kappa shape index (κ3) is 3.23. The van der Waals surface area contributed by atoms with E-state index >= 15 is 0 Å². The van der Waals surface area contributed by atoms with Crippen molar-refractivity contribution < 1.29 is 13.9 Å². The second kappa shape index (κ2) is 7.09. The molecule has 9 heteroatoms. The summed E-state index contributed by atoms with van der Waals surface area (Å²) in [6.07, 6.45) is 1.51. The Morgan fingerprint density at radius 1 is 1.31 bits per heavy atom. The number of aromatic nitrogens is 4. The Morgan fingerprint density at radius 2 is 2.08 bits per heavy atom. The van der Waals surface area contributed by atoms with E-state index < -0.39 is 11.7 Å². The molecule has 0 N–H and O–H groups in total. The van der Waals surface area contributed by atoms with Gasteiger partial charge in [-0.25, -0.2) is 14.1 Å². The first-order valence-corrected chi connectivity index (χ1v) is 7.96. The highest BCUT2D eigenvalue weighted by molar-refractivity contribution is 6.30. The van der Waals surface area contributed by atoms with Crippen LogP contribution in [0.1, 0.15) is 16.2 Å². The minimum absolute atomic E-state index is 0.109. The summed E-state index contributed by atoms with van der Waals surface area (Å²) in [5.41, 5.74) is 1.23. The summed E-state index contributed by atoms with van der Waals surface area (Å²) in [4.78, 5) is 18.2. The van der Waals surface area contributed by atoms with Crippen LogP contribution in [0.5, 0.6) is 5.88 Å². The molecule has 0 radical (unpaired) electrons. The highest BCUT2D eigenvalue weighted by Gasteiger charge is 2.23. The average Bonchev–Trinajstić information content (AvgIpc) is 3.02. The van der Waals surface area contributed by atoms with E-state index in [9.17, 15) is 9.18 Å². The van der Waals surface area contributed by atoms with Gasteiger partial charge in [0.2, 0.25) is 5.88 Å². The Kier molecular flexibility index (Phi) is 4.85. The van der Waals surface area contributed by atoms with E-state index in [1.54, 1.807) is 26.1 Å². The summed E-state index contributed by atoms with van der Waals surface area (Å²) in [6.45, 7) is 1.64. The van der Waals surface area contributed by atoms with Crippen LogP contribution in [-0.4, -0.2) is 40.0 Å². The van der Waals surface area contributed by atoms with Gasteiger partial charge in [0.15, 0.2) is 5.69 Å². The number of methoxy groups -OCH3 is 1. The molecule has 0 saturated carbocycles. The molecular formula is C17H15ClFN5O2. The lowest BCUT2D eigenvalue weighted by Gasteiger charge is -2.16. The van der Waals surface area contributed by atoms with E-state index in [1.807, 2.05) is 0 Å². The van der Waals surface area contributed by atoms with Gasteiger partial charge in [0.25, 0.3) is 5.91 Å². The summed E-state index contributed by atoms with van der Waals surface area (Å²) in [5, 5.41) is 8.08. The first kappa shape index (κ1) is 17.8. The first-order chi connectivity index (χ1) is 12.4. The van der Waals surface area contributed by atoms with Crippen molar-refractivity contribution in [3.8, 4) is 11.6 Å². The Bertz CT molecular complexity index is 958.